The van der Waals surface area contributed by atoms with Gasteiger partial charge < -0.3 is 24.2 Å². The number of likely N-dealkylation sites (tertiary alicyclic amines) is 1. The minimum Gasteiger partial charge on any atom is -0.491 e. The lowest BCUT2D eigenvalue weighted by molar-refractivity contribution is -0.0883. The van der Waals surface area contributed by atoms with E-state index in [0.29, 0.717) is 37.6 Å². The monoisotopic (exact) mass is 323 g/mol. The molecule has 1 N–H and O–H groups in total. The molecule has 0 aromatic heterocycles. The summed E-state index contributed by atoms with van der Waals surface area (Å²) in [5.41, 5.74) is -0.0784. The van der Waals surface area contributed by atoms with E-state index in [2.05, 4.69) is 0 Å². The molecule has 1 amide bonds. The Morgan fingerprint density at radius 3 is 2.87 bits per heavy atom. The largest absolute Gasteiger partial charge is 0.491 e. The van der Waals surface area contributed by atoms with Gasteiger partial charge in [-0.2, -0.15) is 0 Å². The van der Waals surface area contributed by atoms with Crippen molar-refractivity contribution in [2.24, 2.45) is 0 Å². The van der Waals surface area contributed by atoms with Crippen LogP contribution in [0.1, 0.15) is 23.2 Å². The number of amides is 1. The number of aliphatic hydroxyl groups excluding tert-OH is 1. The van der Waals surface area contributed by atoms with Crippen LogP contribution in [0.5, 0.6) is 5.75 Å². The summed E-state index contributed by atoms with van der Waals surface area (Å²) in [6.45, 7) is 1.91. The standard InChI is InChI=1S/C17H25NO5/c1-21-9-10-23-15-6-3-5-14(11-15)16(20)18-8-4-7-17(12-18,13-19)22-2/h3,5-6,11,19H,4,7-10,12-13H2,1-2H3/t17-/m0/s1. The molecule has 0 unspecified atom stereocenters. The van der Waals surface area contributed by atoms with Gasteiger partial charge >= 0.3 is 0 Å². The highest BCUT2D eigenvalue weighted by Gasteiger charge is 2.37. The van der Waals surface area contributed by atoms with E-state index in [0.717, 1.165) is 12.8 Å². The van der Waals surface area contributed by atoms with Crippen LogP contribution in [-0.4, -0.2) is 68.6 Å². The number of hydrogen-bond acceptors (Lipinski definition) is 5. The van der Waals surface area contributed by atoms with E-state index in [4.69, 9.17) is 14.2 Å². The maximum absolute atomic E-state index is 12.7. The molecule has 1 fully saturated rings. The summed E-state index contributed by atoms with van der Waals surface area (Å²) in [4.78, 5) is 14.4. The van der Waals surface area contributed by atoms with Crippen LogP contribution >= 0.6 is 0 Å². The molecule has 0 radical (unpaired) electrons. The summed E-state index contributed by atoms with van der Waals surface area (Å²) in [5.74, 6) is 0.571. The summed E-state index contributed by atoms with van der Waals surface area (Å²) in [6, 6.07) is 7.12. The Morgan fingerprint density at radius 2 is 2.17 bits per heavy atom. The van der Waals surface area contributed by atoms with Crippen LogP contribution in [0.25, 0.3) is 0 Å². The van der Waals surface area contributed by atoms with E-state index in [9.17, 15) is 9.90 Å². The molecule has 0 aliphatic carbocycles. The Kier molecular flexibility index (Phi) is 6.38. The third-order valence-corrected chi connectivity index (χ3v) is 4.18. The molecule has 0 spiro atoms. The fourth-order valence-electron chi connectivity index (χ4n) is 2.78. The second-order valence-electron chi connectivity index (χ2n) is 5.74. The van der Waals surface area contributed by atoms with Gasteiger partial charge in [-0.1, -0.05) is 6.07 Å². The molecule has 6 nitrogen and oxygen atoms in total. The predicted octanol–water partition coefficient (Wildman–Crippen LogP) is 1.33. The van der Waals surface area contributed by atoms with Gasteiger partial charge in [-0.15, -0.1) is 0 Å². The minimum atomic E-state index is -0.652. The molecule has 128 valence electrons. The van der Waals surface area contributed by atoms with Crippen molar-refractivity contribution in [2.75, 3.05) is 47.1 Å². The molecule has 1 atom stereocenters. The number of nitrogens with zero attached hydrogens (tertiary/aromatic N) is 1. The zero-order chi connectivity index (χ0) is 16.7. The first kappa shape index (κ1) is 17.7. The van der Waals surface area contributed by atoms with Gasteiger partial charge in [0, 0.05) is 26.3 Å². The van der Waals surface area contributed by atoms with Crippen LogP contribution in [0.2, 0.25) is 0 Å². The van der Waals surface area contributed by atoms with Crippen molar-refractivity contribution in [3.05, 3.63) is 29.8 Å². The van der Waals surface area contributed by atoms with Gasteiger partial charge in [0.2, 0.25) is 0 Å². The van der Waals surface area contributed by atoms with E-state index >= 15 is 0 Å². The summed E-state index contributed by atoms with van der Waals surface area (Å²) in [5, 5.41) is 9.58. The quantitative estimate of drug-likeness (QED) is 0.767. The smallest absolute Gasteiger partial charge is 0.254 e. The number of carbonyl (C=O) groups excluding carboxylic acids is 1. The Balaban J connectivity index is 2.06. The first-order chi connectivity index (χ1) is 11.1. The number of methoxy groups -OCH3 is 2. The second kappa shape index (κ2) is 8.29. The summed E-state index contributed by atoms with van der Waals surface area (Å²) in [6.07, 6.45) is 1.56. The molecule has 1 aliphatic rings. The molecule has 1 saturated heterocycles. The van der Waals surface area contributed by atoms with Crippen LogP contribution in [-0.2, 0) is 9.47 Å². The topological polar surface area (TPSA) is 68.2 Å². The van der Waals surface area contributed by atoms with E-state index in [1.165, 1.54) is 0 Å². The fourth-order valence-corrected chi connectivity index (χ4v) is 2.78. The second-order valence-corrected chi connectivity index (χ2v) is 5.74. The minimum absolute atomic E-state index is 0.0724. The van der Waals surface area contributed by atoms with E-state index in [-0.39, 0.29) is 12.5 Å². The van der Waals surface area contributed by atoms with Gasteiger partial charge in [-0.3, -0.25) is 4.79 Å². The average Bonchev–Trinajstić information content (AvgIpc) is 2.61. The van der Waals surface area contributed by atoms with Crippen molar-refractivity contribution in [2.45, 2.75) is 18.4 Å². The summed E-state index contributed by atoms with van der Waals surface area (Å²) < 4.78 is 15.9. The third-order valence-electron chi connectivity index (χ3n) is 4.18. The number of rotatable bonds is 7. The Morgan fingerprint density at radius 1 is 1.35 bits per heavy atom. The molecule has 1 heterocycles. The van der Waals surface area contributed by atoms with Gasteiger partial charge in [0.15, 0.2) is 0 Å². The van der Waals surface area contributed by atoms with Crippen molar-refractivity contribution in [3.63, 3.8) is 0 Å². The number of ether oxygens (including phenoxy) is 3. The van der Waals surface area contributed by atoms with Crippen molar-refractivity contribution in [1.29, 1.82) is 0 Å². The van der Waals surface area contributed by atoms with Crippen molar-refractivity contribution in [1.82, 2.24) is 4.90 Å². The number of hydrogen-bond donors (Lipinski definition) is 1. The molecule has 0 saturated carbocycles. The molecule has 2 rings (SSSR count). The van der Waals surface area contributed by atoms with Gasteiger partial charge in [0.1, 0.15) is 18.0 Å². The Bertz CT molecular complexity index is 515. The maximum atomic E-state index is 12.7. The van der Waals surface area contributed by atoms with Gasteiger partial charge in [0.05, 0.1) is 19.8 Å². The molecule has 0 bridgehead atoms. The fraction of sp³-hybridized carbons (Fsp3) is 0.588. The lowest BCUT2D eigenvalue weighted by Crippen LogP contribution is -2.53. The Labute approximate surface area is 136 Å². The molecule has 6 heteroatoms. The van der Waals surface area contributed by atoms with E-state index in [1.807, 2.05) is 6.07 Å². The highest BCUT2D eigenvalue weighted by atomic mass is 16.5. The van der Waals surface area contributed by atoms with Crippen LogP contribution in [0.15, 0.2) is 24.3 Å². The Hall–Kier alpha value is -1.63. The molecular formula is C17H25NO5. The first-order valence-corrected chi connectivity index (χ1v) is 7.81. The molecular weight excluding hydrogens is 298 g/mol. The van der Waals surface area contributed by atoms with Gasteiger partial charge in [-0.25, -0.2) is 0 Å². The summed E-state index contributed by atoms with van der Waals surface area (Å²) in [7, 11) is 3.19. The average molecular weight is 323 g/mol. The highest BCUT2D eigenvalue weighted by molar-refractivity contribution is 5.94. The van der Waals surface area contributed by atoms with Crippen LogP contribution < -0.4 is 4.74 Å². The van der Waals surface area contributed by atoms with E-state index in [1.54, 1.807) is 37.3 Å². The van der Waals surface area contributed by atoms with Gasteiger partial charge in [0.25, 0.3) is 5.91 Å². The van der Waals surface area contributed by atoms with Crippen LogP contribution in [0, 0.1) is 0 Å². The van der Waals surface area contributed by atoms with Crippen molar-refractivity contribution >= 4 is 5.91 Å². The molecule has 1 aliphatic heterocycles. The number of benzene rings is 1. The van der Waals surface area contributed by atoms with Crippen LogP contribution in [0.4, 0.5) is 0 Å². The predicted molar refractivity (Wildman–Crippen MR) is 85.8 cm³/mol. The highest BCUT2D eigenvalue weighted by Crippen LogP contribution is 2.26. The zero-order valence-electron chi connectivity index (χ0n) is 13.8. The summed E-state index contributed by atoms with van der Waals surface area (Å²) >= 11 is 0. The number of piperidine rings is 1. The first-order valence-electron chi connectivity index (χ1n) is 7.81. The number of aliphatic hydroxyl groups is 1. The van der Waals surface area contributed by atoms with Crippen molar-refractivity contribution < 1.29 is 24.1 Å². The van der Waals surface area contributed by atoms with Crippen LogP contribution in [0.3, 0.4) is 0 Å². The molecule has 1 aromatic rings. The normalized spacial score (nSPS) is 21.3. The zero-order valence-corrected chi connectivity index (χ0v) is 13.8. The third kappa shape index (κ3) is 4.43. The SMILES string of the molecule is COCCOc1cccc(C(=O)N2CCC[C@](CO)(OC)C2)c1. The lowest BCUT2D eigenvalue weighted by atomic mass is 9.93. The van der Waals surface area contributed by atoms with Gasteiger partial charge in [-0.05, 0) is 31.0 Å². The van der Waals surface area contributed by atoms with Crippen molar-refractivity contribution in [3.8, 4) is 5.75 Å². The lowest BCUT2D eigenvalue weighted by Gasteiger charge is -2.40. The molecule has 1 aromatic carbocycles. The van der Waals surface area contributed by atoms with E-state index < -0.39 is 5.60 Å². The maximum Gasteiger partial charge on any atom is 0.254 e. The number of carbonyl (C=O) groups is 1. The molecule has 23 heavy (non-hydrogen) atoms.